The van der Waals surface area contributed by atoms with Crippen molar-refractivity contribution in [3.63, 3.8) is 0 Å². The van der Waals surface area contributed by atoms with E-state index in [1.807, 2.05) is 6.07 Å². The molecule has 3 aromatic rings. The monoisotopic (exact) mass is 390 g/mol. The number of nitrogens with one attached hydrogen (secondary N) is 1. The van der Waals surface area contributed by atoms with E-state index in [2.05, 4.69) is 4.72 Å². The first-order chi connectivity index (χ1) is 12.3. The number of hydrogen-bond acceptors (Lipinski definition) is 4. The number of sulfonamides is 2. The van der Waals surface area contributed by atoms with E-state index in [4.69, 9.17) is 5.14 Å². The zero-order valence-corrected chi connectivity index (χ0v) is 15.3. The van der Waals surface area contributed by atoms with Crippen LogP contribution in [0.15, 0.2) is 101 Å². The van der Waals surface area contributed by atoms with Gasteiger partial charge in [0.25, 0.3) is 10.0 Å². The van der Waals surface area contributed by atoms with Gasteiger partial charge in [-0.1, -0.05) is 54.6 Å². The van der Waals surface area contributed by atoms with Crippen LogP contribution in [-0.2, 0) is 20.0 Å². The quantitative estimate of drug-likeness (QED) is 0.714. The lowest BCUT2D eigenvalue weighted by molar-refractivity contribution is 0.597. The lowest BCUT2D eigenvalue weighted by Crippen LogP contribution is -2.12. The summed E-state index contributed by atoms with van der Waals surface area (Å²) in [5, 5.41) is 4.83. The van der Waals surface area contributed by atoms with Crippen LogP contribution in [0.5, 0.6) is 0 Å². The van der Waals surface area contributed by atoms with Crippen molar-refractivity contribution in [2.24, 2.45) is 5.14 Å². The second-order valence-corrected chi connectivity index (χ2v) is 8.39. The van der Waals surface area contributed by atoms with E-state index in [1.54, 1.807) is 72.8 Å². The average molecular weight is 390 g/mol. The fourth-order valence-electron chi connectivity index (χ4n) is 1.93. The van der Waals surface area contributed by atoms with Gasteiger partial charge in [0, 0.05) is 5.69 Å². The highest BCUT2D eigenvalue weighted by atomic mass is 32.2. The highest BCUT2D eigenvalue weighted by molar-refractivity contribution is 7.92. The topological polar surface area (TPSA) is 106 Å². The molecule has 3 aromatic carbocycles. The predicted octanol–water partition coefficient (Wildman–Crippen LogP) is 2.82. The standard InChI is InChI=1S/C12H11NO2S.C6H7NO2S/c14-16(15,12-9-5-2-6-10-12)13-11-7-3-1-4-8-11;7-10(8,9)6-4-2-1-3-5-6/h1-10,13H;1-5H,(H2,7,8,9). The van der Waals surface area contributed by atoms with Crippen molar-refractivity contribution in [3.05, 3.63) is 91.0 Å². The molecule has 0 radical (unpaired) electrons. The Labute approximate surface area is 153 Å². The third-order valence-corrected chi connectivity index (χ3v) is 5.48. The first kappa shape index (κ1) is 19.6. The molecule has 0 saturated carbocycles. The van der Waals surface area contributed by atoms with Crippen LogP contribution in [0.25, 0.3) is 0 Å². The van der Waals surface area contributed by atoms with Crippen LogP contribution >= 0.6 is 0 Å². The van der Waals surface area contributed by atoms with Gasteiger partial charge < -0.3 is 0 Å². The Balaban J connectivity index is 0.000000209. The minimum Gasteiger partial charge on any atom is -0.280 e. The fraction of sp³-hybridized carbons (Fsp3) is 0. The summed E-state index contributed by atoms with van der Waals surface area (Å²) in [6, 6.07) is 25.0. The fourth-order valence-corrected chi connectivity index (χ4v) is 3.55. The molecule has 0 amide bonds. The molecular weight excluding hydrogens is 372 g/mol. The molecule has 0 aliphatic rings. The van der Waals surface area contributed by atoms with Crippen molar-refractivity contribution in [1.82, 2.24) is 0 Å². The summed E-state index contributed by atoms with van der Waals surface area (Å²) in [6.45, 7) is 0. The molecule has 0 fully saturated rings. The van der Waals surface area contributed by atoms with Crippen LogP contribution in [0.2, 0.25) is 0 Å². The van der Waals surface area contributed by atoms with Gasteiger partial charge in [0.1, 0.15) is 0 Å². The van der Waals surface area contributed by atoms with Crippen molar-refractivity contribution in [3.8, 4) is 0 Å². The Morgan fingerprint density at radius 1 is 0.577 bits per heavy atom. The van der Waals surface area contributed by atoms with Crippen LogP contribution in [-0.4, -0.2) is 16.8 Å². The van der Waals surface area contributed by atoms with Crippen LogP contribution in [0.3, 0.4) is 0 Å². The number of benzene rings is 3. The zero-order chi connectivity index (χ0) is 19.0. The number of hydrogen-bond donors (Lipinski definition) is 2. The highest BCUT2D eigenvalue weighted by Crippen LogP contribution is 2.14. The number of nitrogens with two attached hydrogens (primary N) is 1. The Morgan fingerprint density at radius 2 is 0.962 bits per heavy atom. The van der Waals surface area contributed by atoms with Gasteiger partial charge in [-0.05, 0) is 36.4 Å². The summed E-state index contributed by atoms with van der Waals surface area (Å²) in [7, 11) is -6.97. The normalized spacial score (nSPS) is 11.1. The molecule has 0 heterocycles. The molecule has 0 spiro atoms. The lowest BCUT2D eigenvalue weighted by atomic mass is 10.3. The van der Waals surface area contributed by atoms with Gasteiger partial charge in [0.15, 0.2) is 0 Å². The largest absolute Gasteiger partial charge is 0.280 e. The molecular formula is C18H18N2O4S2. The number of anilines is 1. The first-order valence-corrected chi connectivity index (χ1v) is 10.5. The van der Waals surface area contributed by atoms with Gasteiger partial charge in [-0.15, -0.1) is 0 Å². The zero-order valence-electron chi connectivity index (χ0n) is 13.7. The van der Waals surface area contributed by atoms with E-state index >= 15 is 0 Å². The lowest BCUT2D eigenvalue weighted by Gasteiger charge is -2.07. The molecule has 6 nitrogen and oxygen atoms in total. The second kappa shape index (κ2) is 8.61. The molecule has 0 aliphatic carbocycles. The van der Waals surface area contributed by atoms with Crippen molar-refractivity contribution in [2.75, 3.05) is 4.72 Å². The van der Waals surface area contributed by atoms with Gasteiger partial charge in [-0.3, -0.25) is 4.72 Å². The molecule has 8 heteroatoms. The van der Waals surface area contributed by atoms with E-state index in [9.17, 15) is 16.8 Å². The smallest absolute Gasteiger partial charge is 0.261 e. The second-order valence-electron chi connectivity index (χ2n) is 5.14. The maximum Gasteiger partial charge on any atom is 0.261 e. The Morgan fingerprint density at radius 3 is 1.35 bits per heavy atom. The minimum atomic E-state index is -3.50. The van der Waals surface area contributed by atoms with Crippen molar-refractivity contribution in [2.45, 2.75) is 9.79 Å². The summed E-state index contributed by atoms with van der Waals surface area (Å²) >= 11 is 0. The molecule has 0 unspecified atom stereocenters. The van der Waals surface area contributed by atoms with Crippen LogP contribution < -0.4 is 9.86 Å². The van der Waals surface area contributed by atoms with Crippen LogP contribution in [0.1, 0.15) is 0 Å². The summed E-state index contributed by atoms with van der Waals surface area (Å²) < 4.78 is 47.5. The third-order valence-electron chi connectivity index (χ3n) is 3.15. The molecule has 3 rings (SSSR count). The highest BCUT2D eigenvalue weighted by Gasteiger charge is 2.12. The summed E-state index contributed by atoms with van der Waals surface area (Å²) in [5.41, 5.74) is 0.561. The molecule has 0 aliphatic heterocycles. The molecule has 26 heavy (non-hydrogen) atoms. The molecule has 0 saturated heterocycles. The molecule has 0 atom stereocenters. The molecule has 0 aromatic heterocycles. The molecule has 3 N–H and O–H groups in total. The number of para-hydroxylation sites is 1. The van der Waals surface area contributed by atoms with Gasteiger partial charge in [-0.2, -0.15) is 0 Å². The number of primary sulfonamides is 1. The van der Waals surface area contributed by atoms with Gasteiger partial charge >= 0.3 is 0 Å². The SMILES string of the molecule is NS(=O)(=O)c1ccccc1.O=S(=O)(Nc1ccccc1)c1ccccc1. The van der Waals surface area contributed by atoms with Gasteiger partial charge in [0.2, 0.25) is 10.0 Å². The van der Waals surface area contributed by atoms with Crippen molar-refractivity contribution in [1.29, 1.82) is 0 Å². The van der Waals surface area contributed by atoms with Gasteiger partial charge in [0.05, 0.1) is 9.79 Å². The van der Waals surface area contributed by atoms with Crippen molar-refractivity contribution < 1.29 is 16.8 Å². The van der Waals surface area contributed by atoms with Crippen LogP contribution in [0.4, 0.5) is 5.69 Å². The summed E-state index contributed by atoms with van der Waals surface area (Å²) in [6.07, 6.45) is 0. The molecule has 136 valence electrons. The Bertz CT molecular complexity index is 1020. The van der Waals surface area contributed by atoms with Crippen molar-refractivity contribution >= 4 is 25.7 Å². The number of rotatable bonds is 4. The Hall–Kier alpha value is -2.68. The third kappa shape index (κ3) is 5.99. The minimum absolute atomic E-state index is 0.148. The predicted molar refractivity (Wildman–Crippen MR) is 102 cm³/mol. The van der Waals surface area contributed by atoms with E-state index < -0.39 is 20.0 Å². The summed E-state index contributed by atoms with van der Waals surface area (Å²) in [5.74, 6) is 0. The first-order valence-electron chi connectivity index (χ1n) is 7.50. The average Bonchev–Trinajstić information content (AvgIpc) is 2.64. The maximum absolute atomic E-state index is 11.9. The molecule has 0 bridgehead atoms. The van der Waals surface area contributed by atoms with E-state index in [-0.39, 0.29) is 9.79 Å². The van der Waals surface area contributed by atoms with E-state index in [0.717, 1.165) is 0 Å². The van der Waals surface area contributed by atoms with E-state index in [1.165, 1.54) is 12.1 Å². The Kier molecular flexibility index (Phi) is 6.51. The maximum atomic E-state index is 11.9. The van der Waals surface area contributed by atoms with Crippen LogP contribution in [0, 0.1) is 0 Å². The van der Waals surface area contributed by atoms with Gasteiger partial charge in [-0.25, -0.2) is 22.0 Å². The van der Waals surface area contributed by atoms with E-state index in [0.29, 0.717) is 5.69 Å². The summed E-state index contributed by atoms with van der Waals surface area (Å²) in [4.78, 5) is 0.411.